The van der Waals surface area contributed by atoms with Crippen LogP contribution in [0, 0.1) is 5.82 Å². The number of aromatic nitrogens is 1. The fourth-order valence-corrected chi connectivity index (χ4v) is 2.07. The molecule has 0 aliphatic rings. The first-order valence-electron chi connectivity index (χ1n) is 5.43. The average molecular weight is 340 g/mol. The Kier molecular flexibility index (Phi) is 4.11. The fourth-order valence-electron chi connectivity index (χ4n) is 1.63. The molecule has 0 spiro atoms. The van der Waals surface area contributed by atoms with Gasteiger partial charge in [-0.2, -0.15) is 0 Å². The van der Waals surface area contributed by atoms with E-state index < -0.39 is 5.82 Å². The summed E-state index contributed by atoms with van der Waals surface area (Å²) >= 11 is 8.06. The van der Waals surface area contributed by atoms with Crippen molar-refractivity contribution in [3.8, 4) is 0 Å². The zero-order valence-electron chi connectivity index (χ0n) is 10.1. The Labute approximate surface area is 124 Å². The highest BCUT2D eigenvalue weighted by molar-refractivity contribution is 9.10. The average Bonchev–Trinajstić information content (AvgIpc) is 2.38. The molecule has 0 aliphatic heterocycles. The number of halogens is 2. The van der Waals surface area contributed by atoms with Crippen LogP contribution in [0.3, 0.4) is 0 Å². The summed E-state index contributed by atoms with van der Waals surface area (Å²) in [6.07, 6.45) is 1.55. The summed E-state index contributed by atoms with van der Waals surface area (Å²) in [6, 6.07) is 8.60. The summed E-state index contributed by atoms with van der Waals surface area (Å²) < 4.78 is 14.4. The molecular weight excluding hydrogens is 329 g/mol. The second kappa shape index (κ2) is 5.63. The standard InChI is InChI=1S/C13H11BrFN3S/c1-18(13-11(15)6-9(14)7-17-13)10-4-2-8(3-5-10)12(16)19/h2-7H,1H3,(H2,16,19). The summed E-state index contributed by atoms with van der Waals surface area (Å²) in [5.74, 6) is -0.137. The zero-order chi connectivity index (χ0) is 14.0. The van der Waals surface area contributed by atoms with Crippen molar-refractivity contribution in [3.05, 3.63) is 52.4 Å². The number of thiocarbonyl (C=S) groups is 1. The van der Waals surface area contributed by atoms with Gasteiger partial charge in [-0.15, -0.1) is 0 Å². The van der Waals surface area contributed by atoms with Crippen molar-refractivity contribution in [2.24, 2.45) is 5.73 Å². The molecule has 0 saturated heterocycles. The predicted octanol–water partition coefficient (Wildman–Crippen LogP) is 3.39. The van der Waals surface area contributed by atoms with Gasteiger partial charge in [0, 0.05) is 29.0 Å². The monoisotopic (exact) mass is 339 g/mol. The first-order chi connectivity index (χ1) is 8.99. The number of anilines is 2. The van der Waals surface area contributed by atoms with Crippen LogP contribution >= 0.6 is 28.1 Å². The van der Waals surface area contributed by atoms with Gasteiger partial charge >= 0.3 is 0 Å². The molecule has 0 unspecified atom stereocenters. The van der Waals surface area contributed by atoms with Gasteiger partial charge in [0.15, 0.2) is 11.6 Å². The lowest BCUT2D eigenvalue weighted by Gasteiger charge is -2.19. The van der Waals surface area contributed by atoms with Crippen molar-refractivity contribution < 1.29 is 4.39 Å². The van der Waals surface area contributed by atoms with Gasteiger partial charge in [-0.25, -0.2) is 9.37 Å². The Morgan fingerprint density at radius 3 is 2.53 bits per heavy atom. The molecule has 0 aliphatic carbocycles. The highest BCUT2D eigenvalue weighted by atomic mass is 79.9. The van der Waals surface area contributed by atoms with Crippen LogP contribution in [0.15, 0.2) is 41.0 Å². The molecule has 0 bridgehead atoms. The van der Waals surface area contributed by atoms with Gasteiger partial charge in [0.2, 0.25) is 0 Å². The molecule has 1 aromatic carbocycles. The number of hydrogen-bond acceptors (Lipinski definition) is 3. The molecule has 0 fully saturated rings. The van der Waals surface area contributed by atoms with Crippen molar-refractivity contribution >= 4 is 44.6 Å². The second-order valence-electron chi connectivity index (χ2n) is 3.93. The van der Waals surface area contributed by atoms with Gasteiger partial charge in [0.25, 0.3) is 0 Å². The van der Waals surface area contributed by atoms with E-state index in [0.717, 1.165) is 11.3 Å². The highest BCUT2D eigenvalue weighted by Gasteiger charge is 2.11. The van der Waals surface area contributed by atoms with Gasteiger partial charge in [0.1, 0.15) is 4.99 Å². The van der Waals surface area contributed by atoms with Gasteiger partial charge in [0.05, 0.1) is 0 Å². The summed E-state index contributed by atoms with van der Waals surface area (Å²) in [7, 11) is 1.75. The van der Waals surface area contributed by atoms with Crippen LogP contribution in [-0.4, -0.2) is 17.0 Å². The van der Waals surface area contributed by atoms with Crippen LogP contribution in [-0.2, 0) is 0 Å². The van der Waals surface area contributed by atoms with Crippen molar-refractivity contribution in [1.82, 2.24) is 4.98 Å². The highest BCUT2D eigenvalue weighted by Crippen LogP contribution is 2.25. The van der Waals surface area contributed by atoms with Crippen molar-refractivity contribution in [2.75, 3.05) is 11.9 Å². The maximum absolute atomic E-state index is 13.8. The summed E-state index contributed by atoms with van der Waals surface area (Å²) in [5.41, 5.74) is 7.11. The minimum Gasteiger partial charge on any atom is -0.389 e. The molecule has 0 amide bonds. The lowest BCUT2D eigenvalue weighted by molar-refractivity contribution is 0.620. The van der Waals surface area contributed by atoms with E-state index in [9.17, 15) is 4.39 Å². The van der Waals surface area contributed by atoms with Gasteiger partial charge in [-0.05, 0) is 46.3 Å². The lowest BCUT2D eigenvalue weighted by Crippen LogP contribution is -2.14. The van der Waals surface area contributed by atoms with Gasteiger partial charge in [-0.1, -0.05) is 12.2 Å². The Bertz CT molecular complexity index is 616. The molecule has 2 N–H and O–H groups in total. The SMILES string of the molecule is CN(c1ccc(C(N)=S)cc1)c1ncc(Br)cc1F. The third-order valence-corrected chi connectivity index (χ3v) is 3.31. The van der Waals surface area contributed by atoms with E-state index in [1.807, 2.05) is 12.1 Å². The molecule has 0 atom stereocenters. The molecule has 19 heavy (non-hydrogen) atoms. The van der Waals surface area contributed by atoms with Crippen LogP contribution in [0.4, 0.5) is 15.9 Å². The van der Waals surface area contributed by atoms with Crippen LogP contribution in [0.25, 0.3) is 0 Å². The van der Waals surface area contributed by atoms with E-state index in [4.69, 9.17) is 18.0 Å². The molecule has 0 saturated carbocycles. The predicted molar refractivity (Wildman–Crippen MR) is 82.3 cm³/mol. The molecule has 6 heteroatoms. The summed E-state index contributed by atoms with van der Waals surface area (Å²) in [5, 5.41) is 0. The maximum Gasteiger partial charge on any atom is 0.169 e. The molecule has 1 aromatic heterocycles. The largest absolute Gasteiger partial charge is 0.389 e. The number of nitrogens with zero attached hydrogens (tertiary/aromatic N) is 2. The minimum absolute atomic E-state index is 0.256. The smallest absolute Gasteiger partial charge is 0.169 e. The van der Waals surface area contributed by atoms with E-state index in [1.165, 1.54) is 6.07 Å². The third kappa shape index (κ3) is 3.08. The Morgan fingerprint density at radius 2 is 2.00 bits per heavy atom. The molecule has 98 valence electrons. The van der Waals surface area contributed by atoms with E-state index >= 15 is 0 Å². The molecule has 2 aromatic rings. The van der Waals surface area contributed by atoms with Crippen molar-refractivity contribution in [2.45, 2.75) is 0 Å². The van der Waals surface area contributed by atoms with Crippen molar-refractivity contribution in [1.29, 1.82) is 0 Å². The number of nitrogens with two attached hydrogens (primary N) is 1. The second-order valence-corrected chi connectivity index (χ2v) is 5.28. The van der Waals surface area contributed by atoms with Gasteiger partial charge < -0.3 is 10.6 Å². The number of benzene rings is 1. The molecule has 0 radical (unpaired) electrons. The lowest BCUT2D eigenvalue weighted by atomic mass is 10.2. The molecule has 2 rings (SSSR count). The quantitative estimate of drug-likeness (QED) is 0.870. The minimum atomic E-state index is -0.393. The molecular formula is C13H11BrFN3S. The number of hydrogen-bond donors (Lipinski definition) is 1. The first-order valence-corrected chi connectivity index (χ1v) is 6.64. The Hall–Kier alpha value is -1.53. The van der Waals surface area contributed by atoms with Crippen LogP contribution in [0.5, 0.6) is 0 Å². The normalized spacial score (nSPS) is 10.3. The Morgan fingerprint density at radius 1 is 1.37 bits per heavy atom. The van der Waals surface area contributed by atoms with E-state index in [1.54, 1.807) is 30.3 Å². The maximum atomic E-state index is 13.8. The van der Waals surface area contributed by atoms with Gasteiger partial charge in [-0.3, -0.25) is 0 Å². The first kappa shape index (κ1) is 13.9. The number of rotatable bonds is 3. The topological polar surface area (TPSA) is 42.1 Å². The Balaban J connectivity index is 2.33. The number of pyridine rings is 1. The van der Waals surface area contributed by atoms with Crippen LogP contribution < -0.4 is 10.6 Å². The molecule has 1 heterocycles. The van der Waals surface area contributed by atoms with Crippen LogP contribution in [0.1, 0.15) is 5.56 Å². The van der Waals surface area contributed by atoms with E-state index in [-0.39, 0.29) is 5.82 Å². The van der Waals surface area contributed by atoms with Crippen molar-refractivity contribution in [3.63, 3.8) is 0 Å². The molecule has 3 nitrogen and oxygen atoms in total. The van der Waals surface area contributed by atoms with E-state index in [2.05, 4.69) is 20.9 Å². The third-order valence-electron chi connectivity index (χ3n) is 2.65. The van der Waals surface area contributed by atoms with E-state index in [0.29, 0.717) is 9.46 Å². The zero-order valence-corrected chi connectivity index (χ0v) is 12.5. The summed E-state index contributed by atoms with van der Waals surface area (Å²) in [4.78, 5) is 6.06. The van der Waals surface area contributed by atoms with Crippen LogP contribution in [0.2, 0.25) is 0 Å². The fraction of sp³-hybridized carbons (Fsp3) is 0.0769. The summed E-state index contributed by atoms with van der Waals surface area (Å²) in [6.45, 7) is 0.